The molecule has 0 heterocycles. The number of Topliss-reactive ketones (excluding diaryl/α,β-unsaturated/α-hetero) is 1. The zero-order valence-corrected chi connectivity index (χ0v) is 19.2. The number of hydrogen-bond donors (Lipinski definition) is 5. The van der Waals surface area contributed by atoms with Gasteiger partial charge in [0.25, 0.3) is 0 Å². The topological polar surface area (TPSA) is 168 Å². The molecule has 0 spiro atoms. The van der Waals surface area contributed by atoms with Crippen LogP contribution in [-0.2, 0) is 24.0 Å². The smallest absolute Gasteiger partial charge is 0.304 e. The van der Waals surface area contributed by atoms with Crippen LogP contribution in [0.2, 0.25) is 0 Å². The van der Waals surface area contributed by atoms with E-state index in [0.717, 1.165) is 6.42 Å². The molecule has 31 heavy (non-hydrogen) atoms. The summed E-state index contributed by atoms with van der Waals surface area (Å²) in [6.07, 6.45) is 1.56. The molecule has 0 bridgehead atoms. The largest absolute Gasteiger partial charge is 0.481 e. The van der Waals surface area contributed by atoms with E-state index in [1.807, 2.05) is 0 Å². The average Bonchev–Trinajstić information content (AvgIpc) is 2.66. The Bertz CT molecular complexity index is 642. The summed E-state index contributed by atoms with van der Waals surface area (Å²) >= 11 is 0. The summed E-state index contributed by atoms with van der Waals surface area (Å²) < 4.78 is 0. The molecule has 0 aliphatic carbocycles. The summed E-state index contributed by atoms with van der Waals surface area (Å²) in [5, 5.41) is 16.4. The van der Waals surface area contributed by atoms with Crippen LogP contribution in [0.15, 0.2) is 0 Å². The van der Waals surface area contributed by atoms with E-state index in [-0.39, 0.29) is 31.2 Å². The van der Waals surface area contributed by atoms with Crippen LogP contribution in [0.4, 0.5) is 0 Å². The van der Waals surface area contributed by atoms with Crippen molar-refractivity contribution in [2.24, 2.45) is 23.0 Å². The van der Waals surface area contributed by atoms with Gasteiger partial charge in [-0.3, -0.25) is 24.0 Å². The van der Waals surface area contributed by atoms with Gasteiger partial charge in [0.05, 0.1) is 31.5 Å². The molecule has 178 valence electrons. The Balaban J connectivity index is 4.62. The second kappa shape index (κ2) is 13.7. The zero-order chi connectivity index (χ0) is 24.2. The first-order valence-electron chi connectivity index (χ1n) is 10.6. The monoisotopic (exact) mass is 442 g/mol. The SMILES string of the molecule is CC(C)C(=O)[C@H](CCCCN)NC(=O)CNC(=O)CNC(=O)C(CC(=O)O)C(C)(C)C. The molecule has 0 aliphatic rings. The highest BCUT2D eigenvalue weighted by Crippen LogP contribution is 2.28. The third kappa shape index (κ3) is 12.1. The van der Waals surface area contributed by atoms with Gasteiger partial charge in [0.15, 0.2) is 5.78 Å². The molecular weight excluding hydrogens is 404 g/mol. The Morgan fingerprint density at radius 2 is 1.52 bits per heavy atom. The van der Waals surface area contributed by atoms with Crippen molar-refractivity contribution in [2.45, 2.75) is 66.3 Å². The number of carbonyl (C=O) groups excluding carboxylic acids is 4. The lowest BCUT2D eigenvalue weighted by molar-refractivity contribution is -0.143. The van der Waals surface area contributed by atoms with Crippen molar-refractivity contribution >= 4 is 29.5 Å². The molecule has 0 aliphatic heterocycles. The average molecular weight is 443 g/mol. The lowest BCUT2D eigenvalue weighted by Gasteiger charge is -2.28. The van der Waals surface area contributed by atoms with Crippen molar-refractivity contribution in [3.63, 3.8) is 0 Å². The third-order valence-corrected chi connectivity index (χ3v) is 4.80. The summed E-state index contributed by atoms with van der Waals surface area (Å²) in [6.45, 7) is 8.51. The standard InChI is InChI=1S/C21H38N4O6/c1-13(2)19(30)15(8-6-7-9-22)25-17(27)12-23-16(26)11-24-20(31)14(10-18(28)29)21(3,4)5/h13-15H,6-12,22H2,1-5H3,(H,23,26)(H,24,31)(H,25,27)(H,28,29)/t14?,15-/m0/s1. The number of carboxylic acids is 1. The highest BCUT2D eigenvalue weighted by molar-refractivity contribution is 5.93. The van der Waals surface area contributed by atoms with E-state index in [0.29, 0.717) is 19.4 Å². The first kappa shape index (κ1) is 28.5. The van der Waals surface area contributed by atoms with Crippen LogP contribution in [0.3, 0.4) is 0 Å². The summed E-state index contributed by atoms with van der Waals surface area (Å²) in [5.74, 6) is -3.89. The van der Waals surface area contributed by atoms with Crippen LogP contribution in [0, 0.1) is 17.3 Å². The maximum atomic E-state index is 12.3. The van der Waals surface area contributed by atoms with E-state index in [2.05, 4.69) is 16.0 Å². The van der Waals surface area contributed by atoms with E-state index in [4.69, 9.17) is 10.8 Å². The Morgan fingerprint density at radius 3 is 2.00 bits per heavy atom. The quantitative estimate of drug-likeness (QED) is 0.239. The number of amides is 3. The van der Waals surface area contributed by atoms with Gasteiger partial charge in [-0.1, -0.05) is 34.6 Å². The van der Waals surface area contributed by atoms with Crippen LogP contribution in [-0.4, -0.2) is 60.3 Å². The van der Waals surface area contributed by atoms with Crippen molar-refractivity contribution in [2.75, 3.05) is 19.6 Å². The van der Waals surface area contributed by atoms with Crippen molar-refractivity contribution < 1.29 is 29.1 Å². The predicted molar refractivity (Wildman–Crippen MR) is 116 cm³/mol. The molecule has 2 atom stereocenters. The molecule has 10 heteroatoms. The Kier molecular flexibility index (Phi) is 12.6. The summed E-state index contributed by atoms with van der Waals surface area (Å²) in [5.41, 5.74) is 4.87. The number of rotatable bonds is 14. The van der Waals surface area contributed by atoms with Gasteiger partial charge in [0.2, 0.25) is 17.7 Å². The molecule has 0 aromatic carbocycles. The minimum atomic E-state index is -1.10. The highest BCUT2D eigenvalue weighted by Gasteiger charge is 2.33. The fourth-order valence-electron chi connectivity index (χ4n) is 2.92. The molecule has 0 radical (unpaired) electrons. The maximum absolute atomic E-state index is 12.3. The van der Waals surface area contributed by atoms with E-state index in [1.165, 1.54) is 0 Å². The second-order valence-corrected chi connectivity index (χ2v) is 8.97. The molecule has 0 rings (SSSR count). The Morgan fingerprint density at radius 1 is 0.935 bits per heavy atom. The molecule has 3 amide bonds. The van der Waals surface area contributed by atoms with Crippen LogP contribution >= 0.6 is 0 Å². The molecule has 0 fully saturated rings. The first-order chi connectivity index (χ1) is 14.3. The molecule has 0 saturated heterocycles. The number of ketones is 1. The van der Waals surface area contributed by atoms with Gasteiger partial charge in [0, 0.05) is 5.92 Å². The zero-order valence-electron chi connectivity index (χ0n) is 19.2. The van der Waals surface area contributed by atoms with Gasteiger partial charge in [-0.15, -0.1) is 0 Å². The summed E-state index contributed by atoms with van der Waals surface area (Å²) in [4.78, 5) is 59.7. The van der Waals surface area contributed by atoms with E-state index < -0.39 is 41.1 Å². The first-order valence-corrected chi connectivity index (χ1v) is 10.6. The van der Waals surface area contributed by atoms with Gasteiger partial charge >= 0.3 is 5.97 Å². The van der Waals surface area contributed by atoms with Gasteiger partial charge in [-0.2, -0.15) is 0 Å². The number of carboxylic acid groups (broad SMARTS) is 1. The lowest BCUT2D eigenvalue weighted by atomic mass is 9.78. The van der Waals surface area contributed by atoms with Crippen LogP contribution in [0.25, 0.3) is 0 Å². The van der Waals surface area contributed by atoms with Gasteiger partial charge < -0.3 is 26.8 Å². The van der Waals surface area contributed by atoms with Crippen molar-refractivity contribution in [1.82, 2.24) is 16.0 Å². The fraction of sp³-hybridized carbons (Fsp3) is 0.762. The molecule has 0 aromatic heterocycles. The minimum Gasteiger partial charge on any atom is -0.481 e. The number of hydrogen-bond acceptors (Lipinski definition) is 6. The lowest BCUT2D eigenvalue weighted by Crippen LogP contribution is -2.48. The number of carbonyl (C=O) groups is 5. The van der Waals surface area contributed by atoms with Crippen molar-refractivity contribution in [3.8, 4) is 0 Å². The Hall–Kier alpha value is -2.49. The summed E-state index contributed by atoms with van der Waals surface area (Å²) in [6, 6.07) is -0.640. The maximum Gasteiger partial charge on any atom is 0.304 e. The normalized spacial score (nSPS) is 13.3. The van der Waals surface area contributed by atoms with Crippen molar-refractivity contribution in [1.29, 1.82) is 0 Å². The van der Waals surface area contributed by atoms with Crippen LogP contribution in [0.5, 0.6) is 0 Å². The number of nitrogens with two attached hydrogens (primary N) is 1. The molecular formula is C21H38N4O6. The van der Waals surface area contributed by atoms with Crippen LogP contribution < -0.4 is 21.7 Å². The van der Waals surface area contributed by atoms with E-state index >= 15 is 0 Å². The predicted octanol–water partition coefficient (Wildman–Crippen LogP) is 0.195. The van der Waals surface area contributed by atoms with Gasteiger partial charge in [-0.25, -0.2) is 0 Å². The fourth-order valence-corrected chi connectivity index (χ4v) is 2.92. The number of unbranched alkanes of at least 4 members (excludes halogenated alkanes) is 1. The highest BCUT2D eigenvalue weighted by atomic mass is 16.4. The summed E-state index contributed by atoms with van der Waals surface area (Å²) in [7, 11) is 0. The minimum absolute atomic E-state index is 0.0874. The van der Waals surface area contributed by atoms with Crippen molar-refractivity contribution in [3.05, 3.63) is 0 Å². The van der Waals surface area contributed by atoms with E-state index in [9.17, 15) is 24.0 Å². The van der Waals surface area contributed by atoms with Gasteiger partial charge in [-0.05, 0) is 31.2 Å². The second-order valence-electron chi connectivity index (χ2n) is 8.97. The van der Waals surface area contributed by atoms with Crippen LogP contribution in [0.1, 0.15) is 60.3 Å². The number of nitrogens with one attached hydrogen (secondary N) is 3. The Labute approximate surface area is 184 Å². The molecule has 1 unspecified atom stereocenters. The number of aliphatic carboxylic acids is 1. The van der Waals surface area contributed by atoms with Gasteiger partial charge in [0.1, 0.15) is 0 Å². The molecule has 0 saturated carbocycles. The van der Waals surface area contributed by atoms with E-state index in [1.54, 1.807) is 34.6 Å². The molecule has 10 nitrogen and oxygen atoms in total. The molecule has 0 aromatic rings. The molecule has 6 N–H and O–H groups in total. The third-order valence-electron chi connectivity index (χ3n) is 4.80.